The van der Waals surface area contributed by atoms with Crippen molar-refractivity contribution in [3.05, 3.63) is 24.3 Å². The Hall–Kier alpha value is -0.740. The van der Waals surface area contributed by atoms with Crippen molar-refractivity contribution in [2.24, 2.45) is 0 Å². The number of alkyl halides is 1. The lowest BCUT2D eigenvalue weighted by Crippen LogP contribution is -2.12. The van der Waals surface area contributed by atoms with Crippen molar-refractivity contribution < 1.29 is 0 Å². The highest BCUT2D eigenvalue weighted by Gasteiger charge is 2.16. The first kappa shape index (κ1) is 12.7. The van der Waals surface area contributed by atoms with Crippen LogP contribution in [0.1, 0.15) is 25.0 Å². The van der Waals surface area contributed by atoms with E-state index in [-0.39, 0.29) is 5.38 Å². The van der Waals surface area contributed by atoms with Crippen molar-refractivity contribution in [1.29, 1.82) is 0 Å². The molecule has 2 heterocycles. The van der Waals surface area contributed by atoms with Crippen molar-refractivity contribution in [3.8, 4) is 0 Å². The highest BCUT2D eigenvalue weighted by Crippen LogP contribution is 2.25. The Morgan fingerprint density at radius 2 is 2.24 bits per heavy atom. The molecule has 0 saturated carbocycles. The molecule has 0 aliphatic rings. The van der Waals surface area contributed by atoms with E-state index < -0.39 is 0 Å². The summed E-state index contributed by atoms with van der Waals surface area (Å²) >= 11 is 8.04. The van der Waals surface area contributed by atoms with Gasteiger partial charge < -0.3 is 4.57 Å². The lowest BCUT2D eigenvalue weighted by molar-refractivity contribution is 0.665. The molecular formula is C12H16ClN3S. The van der Waals surface area contributed by atoms with Gasteiger partial charge in [-0.2, -0.15) is 11.8 Å². The summed E-state index contributed by atoms with van der Waals surface area (Å²) < 4.78 is 2.20. The Morgan fingerprint density at radius 3 is 2.88 bits per heavy atom. The number of rotatable bonds is 4. The van der Waals surface area contributed by atoms with Gasteiger partial charge in [0.05, 0.1) is 17.1 Å². The summed E-state index contributed by atoms with van der Waals surface area (Å²) in [5.74, 6) is 0.926. The maximum atomic E-state index is 6.20. The zero-order valence-corrected chi connectivity index (χ0v) is 11.8. The van der Waals surface area contributed by atoms with E-state index in [1.807, 2.05) is 24.8 Å². The molecule has 0 fully saturated rings. The molecular weight excluding hydrogens is 254 g/mol. The Bertz CT molecular complexity index is 509. The molecule has 0 bridgehead atoms. The SMILES string of the molecule is CSC(C)Cn1c(C(C)Cl)nc2cnccc21. The molecule has 2 atom stereocenters. The largest absolute Gasteiger partial charge is 0.326 e. The molecule has 17 heavy (non-hydrogen) atoms. The fourth-order valence-electron chi connectivity index (χ4n) is 1.83. The summed E-state index contributed by atoms with van der Waals surface area (Å²) in [5.41, 5.74) is 2.03. The van der Waals surface area contributed by atoms with E-state index in [0.717, 1.165) is 23.4 Å². The molecule has 0 amide bonds. The van der Waals surface area contributed by atoms with E-state index in [4.69, 9.17) is 11.6 Å². The third-order valence-electron chi connectivity index (χ3n) is 2.78. The molecule has 0 aromatic carbocycles. The van der Waals surface area contributed by atoms with Gasteiger partial charge in [0, 0.05) is 18.0 Å². The van der Waals surface area contributed by atoms with Gasteiger partial charge in [0.25, 0.3) is 0 Å². The van der Waals surface area contributed by atoms with Gasteiger partial charge >= 0.3 is 0 Å². The highest BCUT2D eigenvalue weighted by molar-refractivity contribution is 7.99. The number of halogens is 1. The van der Waals surface area contributed by atoms with Crippen molar-refractivity contribution in [2.75, 3.05) is 6.26 Å². The summed E-state index contributed by atoms with van der Waals surface area (Å²) in [6.45, 7) is 5.09. The van der Waals surface area contributed by atoms with Gasteiger partial charge in [-0.25, -0.2) is 4.98 Å². The lowest BCUT2D eigenvalue weighted by atomic mass is 10.3. The Kier molecular flexibility index (Phi) is 3.94. The Labute approximate surface area is 111 Å². The maximum absolute atomic E-state index is 6.20. The molecule has 2 unspecified atom stereocenters. The van der Waals surface area contributed by atoms with Crippen LogP contribution in [0.4, 0.5) is 0 Å². The zero-order chi connectivity index (χ0) is 12.4. The summed E-state index contributed by atoms with van der Waals surface area (Å²) in [7, 11) is 0. The van der Waals surface area contributed by atoms with Gasteiger partial charge in [-0.1, -0.05) is 6.92 Å². The van der Waals surface area contributed by atoms with Gasteiger partial charge in [0.15, 0.2) is 0 Å². The minimum atomic E-state index is -0.0866. The Morgan fingerprint density at radius 1 is 1.47 bits per heavy atom. The first-order valence-corrected chi connectivity index (χ1v) is 7.33. The van der Waals surface area contributed by atoms with Crippen molar-refractivity contribution in [3.63, 3.8) is 0 Å². The number of aromatic nitrogens is 3. The van der Waals surface area contributed by atoms with E-state index in [1.54, 1.807) is 12.4 Å². The minimum absolute atomic E-state index is 0.0866. The second-order valence-electron chi connectivity index (χ2n) is 4.11. The molecule has 0 aliphatic carbocycles. The van der Waals surface area contributed by atoms with Crippen LogP contribution in [0.25, 0.3) is 11.0 Å². The number of hydrogen-bond donors (Lipinski definition) is 0. The van der Waals surface area contributed by atoms with Crippen LogP contribution in [-0.4, -0.2) is 26.0 Å². The summed E-state index contributed by atoms with van der Waals surface area (Å²) in [6.07, 6.45) is 5.71. The molecule has 2 aromatic heterocycles. The molecule has 0 spiro atoms. The van der Waals surface area contributed by atoms with Gasteiger partial charge in [0.2, 0.25) is 0 Å². The van der Waals surface area contributed by atoms with Gasteiger partial charge in [0.1, 0.15) is 11.3 Å². The molecule has 0 N–H and O–H groups in total. The third kappa shape index (κ3) is 2.58. The second kappa shape index (κ2) is 5.27. The number of imidazole rings is 1. The van der Waals surface area contributed by atoms with Gasteiger partial charge in [-0.3, -0.25) is 4.98 Å². The number of thioether (sulfide) groups is 1. The molecule has 0 aliphatic heterocycles. The van der Waals surface area contributed by atoms with E-state index in [2.05, 4.69) is 27.7 Å². The number of nitrogens with zero attached hydrogens (tertiary/aromatic N) is 3. The van der Waals surface area contributed by atoms with E-state index in [9.17, 15) is 0 Å². The maximum Gasteiger partial charge on any atom is 0.127 e. The number of hydrogen-bond acceptors (Lipinski definition) is 3. The molecule has 3 nitrogen and oxygen atoms in total. The van der Waals surface area contributed by atoms with Crippen molar-refractivity contribution in [2.45, 2.75) is 31.0 Å². The van der Waals surface area contributed by atoms with Crippen LogP contribution in [0, 0.1) is 0 Å². The van der Waals surface area contributed by atoms with Crippen LogP contribution < -0.4 is 0 Å². The molecule has 0 saturated heterocycles. The van der Waals surface area contributed by atoms with Crippen molar-refractivity contribution >= 4 is 34.4 Å². The van der Waals surface area contributed by atoms with Crippen LogP contribution in [0.2, 0.25) is 0 Å². The van der Waals surface area contributed by atoms with Crippen molar-refractivity contribution in [1.82, 2.24) is 14.5 Å². The van der Waals surface area contributed by atoms with Crippen LogP contribution in [0.3, 0.4) is 0 Å². The molecule has 5 heteroatoms. The van der Waals surface area contributed by atoms with Crippen LogP contribution in [0.15, 0.2) is 18.5 Å². The quantitative estimate of drug-likeness (QED) is 0.796. The third-order valence-corrected chi connectivity index (χ3v) is 3.93. The monoisotopic (exact) mass is 269 g/mol. The van der Waals surface area contributed by atoms with Gasteiger partial charge in [-0.05, 0) is 19.2 Å². The fourth-order valence-corrected chi connectivity index (χ4v) is 2.29. The molecule has 2 aromatic rings. The zero-order valence-electron chi connectivity index (χ0n) is 10.2. The number of pyridine rings is 1. The Balaban J connectivity index is 2.52. The lowest BCUT2D eigenvalue weighted by Gasteiger charge is -2.14. The van der Waals surface area contributed by atoms with E-state index in [0.29, 0.717) is 5.25 Å². The normalized spacial score (nSPS) is 15.1. The fraction of sp³-hybridized carbons (Fsp3) is 0.500. The first-order chi connectivity index (χ1) is 8.13. The van der Waals surface area contributed by atoms with E-state index in [1.165, 1.54) is 0 Å². The average Bonchev–Trinajstić information content (AvgIpc) is 2.68. The average molecular weight is 270 g/mol. The van der Waals surface area contributed by atoms with Crippen LogP contribution in [-0.2, 0) is 6.54 Å². The second-order valence-corrected chi connectivity index (χ2v) is 6.04. The van der Waals surface area contributed by atoms with Crippen LogP contribution in [0.5, 0.6) is 0 Å². The summed E-state index contributed by atoms with van der Waals surface area (Å²) in [6, 6.07) is 2.00. The molecule has 2 rings (SSSR count). The first-order valence-electron chi connectivity index (χ1n) is 5.60. The predicted octanol–water partition coefficient (Wildman–Crippen LogP) is 3.48. The standard InChI is InChI=1S/C12H16ClN3S/c1-8(17-3)7-16-11-4-5-14-6-10(11)15-12(16)9(2)13/h4-6,8-9H,7H2,1-3H3. The smallest absolute Gasteiger partial charge is 0.127 e. The highest BCUT2D eigenvalue weighted by atomic mass is 35.5. The van der Waals surface area contributed by atoms with Crippen LogP contribution >= 0.6 is 23.4 Å². The van der Waals surface area contributed by atoms with E-state index >= 15 is 0 Å². The topological polar surface area (TPSA) is 30.7 Å². The minimum Gasteiger partial charge on any atom is -0.326 e. The predicted molar refractivity (Wildman–Crippen MR) is 74.8 cm³/mol. The van der Waals surface area contributed by atoms with Gasteiger partial charge in [-0.15, -0.1) is 11.6 Å². The molecule has 0 radical (unpaired) electrons. The summed E-state index contributed by atoms with van der Waals surface area (Å²) in [5, 5.41) is 0.450. The summed E-state index contributed by atoms with van der Waals surface area (Å²) in [4.78, 5) is 8.66. The molecule has 92 valence electrons. The number of fused-ring (bicyclic) bond motifs is 1.